The first-order chi connectivity index (χ1) is 18.1. The number of rotatable bonds is 8. The fourth-order valence-electron chi connectivity index (χ4n) is 6.37. The average molecular weight is 651 g/mol. The molecule has 8 nitrogen and oxygen atoms in total. The zero-order chi connectivity index (χ0) is 27.3. The van der Waals surface area contributed by atoms with Crippen molar-refractivity contribution in [2.45, 2.75) is 35.0 Å². The maximum Gasteiger partial charge on any atom is 0.319 e. The summed E-state index contributed by atoms with van der Waals surface area (Å²) in [6.07, 6.45) is 0.771. The third-order valence-corrected chi connectivity index (χ3v) is 11.2. The molecule has 0 amide bonds. The van der Waals surface area contributed by atoms with Gasteiger partial charge in [-0.15, -0.1) is 0 Å². The molecule has 0 spiro atoms. The standard InChI is InChI=1S/C28H31IN2O6S/c1-18(38(33,34)20-10-6-5-7-11-20)16-31-17-19-14-27(26(32)35-2,23(31)15-28(19,36-3)37-4)25-24(29)21-12-8-9-13-22(21)30-25/h5-13,19,23,30H,1,14-17H2,2-4H3/t19-,23+,27+/m0/s1. The van der Waals surface area contributed by atoms with Crippen molar-refractivity contribution in [2.24, 2.45) is 5.92 Å². The summed E-state index contributed by atoms with van der Waals surface area (Å²) in [5.41, 5.74) is 0.594. The number of H-pyrrole nitrogens is 1. The second-order valence-electron chi connectivity index (χ2n) is 9.95. The number of hydrogen-bond acceptors (Lipinski definition) is 7. The number of esters is 1. The summed E-state index contributed by atoms with van der Waals surface area (Å²) >= 11 is 2.28. The number of carbonyl (C=O) groups is 1. The molecule has 10 heteroatoms. The molecule has 3 fully saturated rings. The predicted molar refractivity (Wildman–Crippen MR) is 152 cm³/mol. The zero-order valence-corrected chi connectivity index (χ0v) is 24.5. The lowest BCUT2D eigenvalue weighted by atomic mass is 9.58. The zero-order valence-electron chi connectivity index (χ0n) is 21.6. The van der Waals surface area contributed by atoms with Gasteiger partial charge >= 0.3 is 5.97 Å². The Balaban J connectivity index is 1.63. The number of sulfone groups is 1. The van der Waals surface area contributed by atoms with E-state index >= 15 is 0 Å². The van der Waals surface area contributed by atoms with Crippen molar-refractivity contribution in [3.63, 3.8) is 0 Å². The number of nitrogens with zero attached hydrogens (tertiary/aromatic N) is 1. The lowest BCUT2D eigenvalue weighted by Crippen LogP contribution is -2.72. The van der Waals surface area contributed by atoms with E-state index in [1.807, 2.05) is 29.2 Å². The van der Waals surface area contributed by atoms with Crippen LogP contribution in [0.15, 0.2) is 71.0 Å². The summed E-state index contributed by atoms with van der Waals surface area (Å²) in [5.74, 6) is -1.52. The summed E-state index contributed by atoms with van der Waals surface area (Å²) in [5, 5.41) is 1.01. The Morgan fingerprint density at radius 2 is 1.74 bits per heavy atom. The molecule has 1 aliphatic carbocycles. The molecule has 3 atom stereocenters. The molecule has 0 unspecified atom stereocenters. The van der Waals surface area contributed by atoms with Crippen LogP contribution >= 0.6 is 22.6 Å². The monoisotopic (exact) mass is 650 g/mol. The van der Waals surface area contributed by atoms with Crippen LogP contribution in [0.25, 0.3) is 10.9 Å². The summed E-state index contributed by atoms with van der Waals surface area (Å²) in [4.78, 5) is 19.7. The Morgan fingerprint density at radius 3 is 2.34 bits per heavy atom. The largest absolute Gasteiger partial charge is 0.468 e. The topological polar surface area (TPSA) is 97.9 Å². The molecule has 6 rings (SSSR count). The molecule has 2 saturated heterocycles. The minimum atomic E-state index is -3.78. The van der Waals surface area contributed by atoms with Crippen LogP contribution in [-0.4, -0.2) is 70.5 Å². The number of halogens is 1. The number of ether oxygens (including phenoxy) is 3. The Hall–Kier alpha value is -2.25. The summed E-state index contributed by atoms with van der Waals surface area (Å²) in [6.45, 7) is 4.52. The summed E-state index contributed by atoms with van der Waals surface area (Å²) in [6, 6.07) is 15.7. The van der Waals surface area contributed by atoms with E-state index in [1.54, 1.807) is 44.6 Å². The second-order valence-corrected chi connectivity index (χ2v) is 13.1. The number of fused-ring (bicyclic) bond motifs is 4. The van der Waals surface area contributed by atoms with E-state index < -0.39 is 27.1 Å². The van der Waals surface area contributed by atoms with Crippen molar-refractivity contribution in [1.82, 2.24) is 9.88 Å². The summed E-state index contributed by atoms with van der Waals surface area (Å²) < 4.78 is 45.0. The van der Waals surface area contributed by atoms with Crippen LogP contribution in [0.4, 0.5) is 0 Å². The van der Waals surface area contributed by atoms with E-state index in [2.05, 4.69) is 34.2 Å². The molecule has 3 heterocycles. The van der Waals surface area contributed by atoms with E-state index in [1.165, 1.54) is 7.11 Å². The molecular formula is C28H31IN2O6S. The Kier molecular flexibility index (Phi) is 7.23. The maximum absolute atomic E-state index is 13.9. The predicted octanol–water partition coefficient (Wildman–Crippen LogP) is 4.25. The fraction of sp³-hybridized carbons (Fsp3) is 0.393. The second kappa shape index (κ2) is 10.1. The van der Waals surface area contributed by atoms with E-state index in [0.717, 1.165) is 20.2 Å². The third-order valence-electron chi connectivity index (χ3n) is 8.28. The number of carbonyl (C=O) groups excluding carboxylic acids is 1. The Morgan fingerprint density at radius 1 is 1.08 bits per heavy atom. The molecule has 1 aromatic heterocycles. The van der Waals surface area contributed by atoms with Crippen LogP contribution in [-0.2, 0) is 34.3 Å². The highest BCUT2D eigenvalue weighted by molar-refractivity contribution is 14.1. The van der Waals surface area contributed by atoms with Gasteiger partial charge in [-0.2, -0.15) is 0 Å². The number of aromatic amines is 1. The van der Waals surface area contributed by atoms with E-state index in [9.17, 15) is 13.2 Å². The van der Waals surface area contributed by atoms with Gasteiger partial charge in [-0.05, 0) is 47.2 Å². The van der Waals surface area contributed by atoms with Gasteiger partial charge in [-0.25, -0.2) is 8.42 Å². The van der Waals surface area contributed by atoms with Gasteiger partial charge in [-0.1, -0.05) is 43.0 Å². The van der Waals surface area contributed by atoms with Gasteiger partial charge in [0.2, 0.25) is 9.84 Å². The molecule has 202 valence electrons. The van der Waals surface area contributed by atoms with E-state index in [4.69, 9.17) is 14.2 Å². The molecule has 2 bridgehead atoms. The number of para-hydroxylation sites is 1. The van der Waals surface area contributed by atoms with Crippen molar-refractivity contribution < 1.29 is 27.4 Å². The van der Waals surface area contributed by atoms with Crippen molar-refractivity contribution in [2.75, 3.05) is 34.4 Å². The highest BCUT2D eigenvalue weighted by atomic mass is 127. The lowest BCUT2D eigenvalue weighted by Gasteiger charge is -2.61. The van der Waals surface area contributed by atoms with Gasteiger partial charge in [0.05, 0.1) is 16.9 Å². The molecule has 1 N–H and O–H groups in total. The van der Waals surface area contributed by atoms with Crippen LogP contribution in [0.1, 0.15) is 18.5 Å². The highest BCUT2D eigenvalue weighted by Gasteiger charge is 2.66. The number of nitrogens with one attached hydrogen (secondary N) is 1. The van der Waals surface area contributed by atoms with E-state index in [-0.39, 0.29) is 28.2 Å². The molecule has 1 saturated carbocycles. The molecule has 38 heavy (non-hydrogen) atoms. The van der Waals surface area contributed by atoms with Gasteiger partial charge in [0.15, 0.2) is 5.79 Å². The van der Waals surface area contributed by atoms with Crippen molar-refractivity contribution in [3.05, 3.63) is 75.3 Å². The van der Waals surface area contributed by atoms with E-state index in [0.29, 0.717) is 19.4 Å². The normalized spacial score (nSPS) is 24.9. The van der Waals surface area contributed by atoms with Crippen LogP contribution in [0.5, 0.6) is 0 Å². The fourth-order valence-corrected chi connectivity index (χ4v) is 8.64. The van der Waals surface area contributed by atoms with Crippen LogP contribution in [0, 0.1) is 9.49 Å². The number of methoxy groups -OCH3 is 3. The van der Waals surface area contributed by atoms with Gasteiger partial charge in [0.25, 0.3) is 0 Å². The first-order valence-electron chi connectivity index (χ1n) is 12.3. The lowest BCUT2D eigenvalue weighted by molar-refractivity contribution is -0.296. The number of aromatic nitrogens is 1. The average Bonchev–Trinajstić information content (AvgIpc) is 3.29. The smallest absolute Gasteiger partial charge is 0.319 e. The minimum Gasteiger partial charge on any atom is -0.468 e. The van der Waals surface area contributed by atoms with Gasteiger partial charge in [0.1, 0.15) is 5.41 Å². The number of benzene rings is 2. The van der Waals surface area contributed by atoms with Gasteiger partial charge in [-0.3, -0.25) is 9.69 Å². The maximum atomic E-state index is 13.9. The highest BCUT2D eigenvalue weighted by Crippen LogP contribution is 2.56. The summed E-state index contributed by atoms with van der Waals surface area (Å²) in [7, 11) is 0.840. The Labute approximate surface area is 236 Å². The first kappa shape index (κ1) is 27.3. The molecule has 3 aromatic rings. The molecule has 0 radical (unpaired) electrons. The molecule has 2 aliphatic heterocycles. The Bertz CT molecular complexity index is 1480. The molecular weight excluding hydrogens is 619 g/mol. The first-order valence-corrected chi connectivity index (χ1v) is 14.9. The van der Waals surface area contributed by atoms with Gasteiger partial charge in [0, 0.05) is 65.9 Å². The molecule has 2 aromatic carbocycles. The van der Waals surface area contributed by atoms with Gasteiger partial charge < -0.3 is 19.2 Å². The van der Waals surface area contributed by atoms with Crippen molar-refractivity contribution in [3.8, 4) is 0 Å². The third kappa shape index (κ3) is 4.03. The number of hydrogen-bond donors (Lipinski definition) is 1. The van der Waals surface area contributed by atoms with Crippen molar-refractivity contribution in [1.29, 1.82) is 0 Å². The molecule has 3 aliphatic rings. The van der Waals surface area contributed by atoms with Crippen LogP contribution in [0.3, 0.4) is 0 Å². The van der Waals surface area contributed by atoms with Crippen LogP contribution < -0.4 is 0 Å². The SMILES string of the molecule is C=C(CN1C[C@@H]2C[C@](C(=O)OC)(c3[nH]c4ccccc4c3I)[C@H]1CC2(OC)OC)S(=O)(=O)c1ccccc1. The minimum absolute atomic E-state index is 0.0669. The van der Waals surface area contributed by atoms with Crippen molar-refractivity contribution >= 4 is 49.3 Å². The quantitative estimate of drug-likeness (QED) is 0.221. The van der Waals surface area contributed by atoms with Crippen LogP contribution in [0.2, 0.25) is 0 Å². The number of piperidine rings is 2.